The summed E-state index contributed by atoms with van der Waals surface area (Å²) in [7, 11) is -3.09. The number of anilines is 1. The van der Waals surface area contributed by atoms with Gasteiger partial charge < -0.3 is 10.0 Å². The van der Waals surface area contributed by atoms with Crippen LogP contribution in [0.15, 0.2) is 24.3 Å². The van der Waals surface area contributed by atoms with E-state index >= 15 is 0 Å². The van der Waals surface area contributed by atoms with Gasteiger partial charge in [0, 0.05) is 12.6 Å². The standard InChI is InChI=1S/C16H20N4O4S/c1-3-19(12-8-9-25(23,24)10-12)15-14(16(21)22)17-20(18-15)13-7-5-4-6-11(13)2/h4-7,12H,3,8-10H2,1-2H3,(H,21,22). The van der Waals surface area contributed by atoms with Gasteiger partial charge in [0.25, 0.3) is 0 Å². The summed E-state index contributed by atoms with van der Waals surface area (Å²) in [6.07, 6.45) is 0.465. The van der Waals surface area contributed by atoms with Crippen LogP contribution in [-0.4, -0.2) is 58.6 Å². The number of aromatic nitrogens is 3. The maximum Gasteiger partial charge on any atom is 0.360 e. The Morgan fingerprint density at radius 2 is 2.08 bits per heavy atom. The highest BCUT2D eigenvalue weighted by Gasteiger charge is 2.35. The third-order valence-electron chi connectivity index (χ3n) is 4.39. The second-order valence-electron chi connectivity index (χ2n) is 6.10. The average Bonchev–Trinajstić information content (AvgIpc) is 3.13. The third kappa shape index (κ3) is 3.37. The van der Waals surface area contributed by atoms with Gasteiger partial charge in [0.1, 0.15) is 0 Å². The molecule has 1 saturated heterocycles. The molecule has 0 bridgehead atoms. The summed E-state index contributed by atoms with van der Waals surface area (Å²) in [5.41, 5.74) is 1.42. The molecular weight excluding hydrogens is 344 g/mol. The highest BCUT2D eigenvalue weighted by Crippen LogP contribution is 2.26. The topological polar surface area (TPSA) is 105 Å². The lowest BCUT2D eigenvalue weighted by Crippen LogP contribution is -2.37. The zero-order chi connectivity index (χ0) is 18.2. The summed E-state index contributed by atoms with van der Waals surface area (Å²) < 4.78 is 23.6. The minimum absolute atomic E-state index is 0.0110. The van der Waals surface area contributed by atoms with Crippen molar-refractivity contribution in [1.29, 1.82) is 0 Å². The zero-order valence-electron chi connectivity index (χ0n) is 14.1. The molecule has 1 atom stereocenters. The Morgan fingerprint density at radius 3 is 2.64 bits per heavy atom. The van der Waals surface area contributed by atoms with Crippen molar-refractivity contribution in [3.8, 4) is 5.69 Å². The van der Waals surface area contributed by atoms with Gasteiger partial charge in [-0.25, -0.2) is 13.2 Å². The van der Waals surface area contributed by atoms with Crippen LogP contribution in [0.1, 0.15) is 29.4 Å². The van der Waals surface area contributed by atoms with E-state index in [9.17, 15) is 18.3 Å². The smallest absolute Gasteiger partial charge is 0.360 e. The van der Waals surface area contributed by atoms with Crippen molar-refractivity contribution in [3.05, 3.63) is 35.5 Å². The molecule has 0 aliphatic carbocycles. The van der Waals surface area contributed by atoms with E-state index < -0.39 is 15.8 Å². The first-order chi connectivity index (χ1) is 11.8. The number of para-hydroxylation sites is 1. The van der Waals surface area contributed by atoms with Crippen LogP contribution in [0.3, 0.4) is 0 Å². The average molecular weight is 364 g/mol. The third-order valence-corrected chi connectivity index (χ3v) is 6.14. The molecule has 3 rings (SSSR count). The van der Waals surface area contributed by atoms with Gasteiger partial charge >= 0.3 is 5.97 Å². The number of carboxylic acid groups (broad SMARTS) is 1. The summed E-state index contributed by atoms with van der Waals surface area (Å²) >= 11 is 0. The molecule has 1 unspecified atom stereocenters. The molecule has 1 aromatic heterocycles. The Bertz CT molecular complexity index is 907. The van der Waals surface area contributed by atoms with Gasteiger partial charge in [0.2, 0.25) is 5.69 Å². The number of carboxylic acids is 1. The number of aryl methyl sites for hydroxylation is 1. The Morgan fingerprint density at radius 1 is 1.36 bits per heavy atom. The molecule has 1 N–H and O–H groups in total. The molecule has 2 aromatic rings. The molecule has 8 nitrogen and oxygen atoms in total. The number of benzene rings is 1. The first-order valence-electron chi connectivity index (χ1n) is 8.06. The van der Waals surface area contributed by atoms with Gasteiger partial charge in [-0.3, -0.25) is 0 Å². The lowest BCUT2D eigenvalue weighted by atomic mass is 10.2. The van der Waals surface area contributed by atoms with E-state index in [1.165, 1.54) is 4.80 Å². The van der Waals surface area contributed by atoms with Crippen molar-refractivity contribution in [2.24, 2.45) is 0 Å². The summed E-state index contributed by atoms with van der Waals surface area (Å²) in [5, 5.41) is 18.0. The zero-order valence-corrected chi connectivity index (χ0v) is 14.9. The molecule has 1 fully saturated rings. The fraction of sp³-hybridized carbons (Fsp3) is 0.438. The van der Waals surface area contributed by atoms with Crippen LogP contribution in [0.4, 0.5) is 5.82 Å². The molecule has 0 saturated carbocycles. The van der Waals surface area contributed by atoms with E-state index in [4.69, 9.17) is 0 Å². The summed E-state index contributed by atoms with van der Waals surface area (Å²) in [5.74, 6) is -0.853. The second-order valence-corrected chi connectivity index (χ2v) is 8.32. The van der Waals surface area contributed by atoms with Gasteiger partial charge in [0.05, 0.1) is 17.2 Å². The van der Waals surface area contributed by atoms with Gasteiger partial charge in [-0.05, 0) is 31.9 Å². The highest BCUT2D eigenvalue weighted by atomic mass is 32.2. The Kier molecular flexibility index (Phi) is 4.51. The summed E-state index contributed by atoms with van der Waals surface area (Å²) in [4.78, 5) is 14.7. The van der Waals surface area contributed by atoms with Crippen molar-refractivity contribution in [2.45, 2.75) is 26.3 Å². The highest BCUT2D eigenvalue weighted by molar-refractivity contribution is 7.91. The van der Waals surface area contributed by atoms with E-state index in [2.05, 4.69) is 10.2 Å². The molecule has 9 heteroatoms. The molecule has 1 aliphatic heterocycles. The van der Waals surface area contributed by atoms with Crippen molar-refractivity contribution in [1.82, 2.24) is 15.0 Å². The van der Waals surface area contributed by atoms with E-state index in [0.717, 1.165) is 5.56 Å². The van der Waals surface area contributed by atoms with E-state index in [-0.39, 0.29) is 29.1 Å². The molecule has 1 aliphatic rings. The van der Waals surface area contributed by atoms with E-state index in [0.29, 0.717) is 18.7 Å². The molecule has 134 valence electrons. The number of sulfone groups is 1. The van der Waals surface area contributed by atoms with Crippen molar-refractivity contribution >= 4 is 21.6 Å². The van der Waals surface area contributed by atoms with E-state index in [1.54, 1.807) is 11.0 Å². The van der Waals surface area contributed by atoms with Crippen LogP contribution in [0, 0.1) is 6.92 Å². The van der Waals surface area contributed by atoms with Crippen LogP contribution >= 0.6 is 0 Å². The fourth-order valence-corrected chi connectivity index (χ4v) is 4.86. The number of carbonyl (C=O) groups is 1. The maximum absolute atomic E-state index is 11.8. The fourth-order valence-electron chi connectivity index (χ4n) is 3.13. The molecule has 25 heavy (non-hydrogen) atoms. The van der Waals surface area contributed by atoms with Crippen LogP contribution in [0.25, 0.3) is 5.69 Å². The van der Waals surface area contributed by atoms with Crippen molar-refractivity contribution < 1.29 is 18.3 Å². The Balaban J connectivity index is 2.05. The largest absolute Gasteiger partial charge is 0.476 e. The molecule has 1 aromatic carbocycles. The van der Waals surface area contributed by atoms with Crippen molar-refractivity contribution in [2.75, 3.05) is 23.0 Å². The first-order valence-corrected chi connectivity index (χ1v) is 9.88. The second kappa shape index (κ2) is 6.47. The predicted octanol–water partition coefficient (Wildman–Crippen LogP) is 1.29. The molecular formula is C16H20N4O4S. The monoisotopic (exact) mass is 364 g/mol. The van der Waals surface area contributed by atoms with Crippen LogP contribution in [0.2, 0.25) is 0 Å². The van der Waals surface area contributed by atoms with Gasteiger partial charge in [-0.1, -0.05) is 18.2 Å². The van der Waals surface area contributed by atoms with Gasteiger partial charge in [-0.2, -0.15) is 0 Å². The van der Waals surface area contributed by atoms with Gasteiger partial charge in [-0.15, -0.1) is 15.0 Å². The number of hydrogen-bond donors (Lipinski definition) is 1. The first kappa shape index (κ1) is 17.4. The van der Waals surface area contributed by atoms with Crippen LogP contribution in [0.5, 0.6) is 0 Å². The summed E-state index contributed by atoms with van der Waals surface area (Å²) in [6.45, 7) is 4.19. The lowest BCUT2D eigenvalue weighted by Gasteiger charge is -2.26. The number of hydrogen-bond acceptors (Lipinski definition) is 6. The number of aromatic carboxylic acids is 1. The van der Waals surface area contributed by atoms with Crippen LogP contribution in [-0.2, 0) is 9.84 Å². The summed E-state index contributed by atoms with van der Waals surface area (Å²) in [6, 6.07) is 7.12. The minimum atomic E-state index is -3.09. The maximum atomic E-state index is 11.8. The minimum Gasteiger partial charge on any atom is -0.476 e. The predicted molar refractivity (Wildman–Crippen MR) is 93.1 cm³/mol. The van der Waals surface area contributed by atoms with E-state index in [1.807, 2.05) is 32.0 Å². The number of nitrogens with zero attached hydrogens (tertiary/aromatic N) is 4. The quantitative estimate of drug-likeness (QED) is 0.852. The normalized spacial score (nSPS) is 19.0. The van der Waals surface area contributed by atoms with Crippen LogP contribution < -0.4 is 4.90 Å². The SMILES string of the molecule is CCN(c1nn(-c2ccccc2C)nc1C(=O)O)C1CCS(=O)(=O)C1. The van der Waals surface area contributed by atoms with Gasteiger partial charge in [0.15, 0.2) is 15.7 Å². The molecule has 0 spiro atoms. The Hall–Kier alpha value is -2.42. The van der Waals surface area contributed by atoms with Crippen molar-refractivity contribution in [3.63, 3.8) is 0 Å². The molecule has 0 amide bonds. The molecule has 0 radical (unpaired) electrons. The number of rotatable bonds is 5. The Labute approximate surface area is 146 Å². The lowest BCUT2D eigenvalue weighted by molar-refractivity contribution is 0.0690. The molecule has 2 heterocycles.